The smallest absolute Gasteiger partial charge is 0.412 e. The molecule has 0 aliphatic rings. The predicted octanol–water partition coefficient (Wildman–Crippen LogP) is 0.839. The Morgan fingerprint density at radius 3 is 2.27 bits per heavy atom. The van der Waals surface area contributed by atoms with E-state index in [1.807, 2.05) is 0 Å². The Balaban J connectivity index is 0.00000441. The largest absolute Gasteiger partial charge is 0.534 e. The number of halogens is 4. The van der Waals surface area contributed by atoms with Crippen LogP contribution in [-0.2, 0) is 10.1 Å². The Morgan fingerprint density at radius 1 is 1.41 bits per heavy atom. The van der Waals surface area contributed by atoms with E-state index in [1.165, 1.54) is 6.92 Å². The van der Waals surface area contributed by atoms with Crippen molar-refractivity contribution >= 4 is 33.2 Å². The summed E-state index contributed by atoms with van der Waals surface area (Å²) in [5.74, 6) is -1.71. The van der Waals surface area contributed by atoms with Crippen LogP contribution in [-0.4, -0.2) is 30.4 Å². The van der Waals surface area contributed by atoms with Gasteiger partial charge in [-0.1, -0.05) is 11.6 Å². The van der Waals surface area contributed by atoms with Gasteiger partial charge >= 0.3 is 15.6 Å². The van der Waals surface area contributed by atoms with Gasteiger partial charge in [-0.05, 0) is 19.9 Å². The monoisotopic (exact) mass is 366 g/mol. The van der Waals surface area contributed by atoms with Crippen molar-refractivity contribution in [3.05, 3.63) is 22.2 Å². The van der Waals surface area contributed by atoms with Crippen LogP contribution in [0.5, 0.6) is 5.75 Å². The first-order chi connectivity index (χ1) is 9.42. The predicted molar refractivity (Wildman–Crippen MR) is 68.8 cm³/mol. The molecule has 0 fully saturated rings. The van der Waals surface area contributed by atoms with Crippen LogP contribution < -0.4 is 9.66 Å². The van der Waals surface area contributed by atoms with Gasteiger partial charge in [-0.25, -0.2) is 5.21 Å². The SMILES string of the molecule is CC(=O)c1cc(Cl)c(C)c([NH2+]O)c1OS(=O)(=O)C(F)(F)F.O. The molecule has 0 aromatic heterocycles. The van der Waals surface area contributed by atoms with Crippen molar-refractivity contribution in [3.63, 3.8) is 0 Å². The van der Waals surface area contributed by atoms with Crippen LogP contribution in [0, 0.1) is 6.92 Å². The molecule has 0 radical (unpaired) electrons. The van der Waals surface area contributed by atoms with Crippen molar-refractivity contribution in [3.8, 4) is 5.75 Å². The average molecular weight is 367 g/mol. The molecule has 0 saturated carbocycles. The molecule has 0 unspecified atom stereocenters. The number of rotatable bonds is 4. The van der Waals surface area contributed by atoms with Crippen molar-refractivity contribution in [2.75, 3.05) is 0 Å². The quantitative estimate of drug-likeness (QED) is 0.268. The Labute approximate surface area is 128 Å². The Kier molecular flexibility index (Phi) is 6.36. The fraction of sp³-hybridized carbons (Fsp3) is 0.300. The first-order valence-electron chi connectivity index (χ1n) is 5.24. The van der Waals surface area contributed by atoms with E-state index in [1.54, 1.807) is 0 Å². The standard InChI is InChI=1S/C10H9ClF3NO5S.H2O/c1-4-7(11)3-6(5(2)16)9(8(4)15-17)20-21(18,19)10(12,13)14;/h3,15,17H,1-2H3;1H2/p+1. The molecule has 0 bridgehead atoms. The van der Waals surface area contributed by atoms with Gasteiger partial charge < -0.3 is 9.66 Å². The molecule has 0 aliphatic carbocycles. The molecule has 0 heterocycles. The zero-order valence-corrected chi connectivity index (χ0v) is 12.7. The highest BCUT2D eigenvalue weighted by Gasteiger charge is 2.49. The molecular formula is C10H12ClF3NO6S+. The van der Waals surface area contributed by atoms with Crippen molar-refractivity contribution in [1.82, 2.24) is 0 Å². The lowest BCUT2D eigenvalue weighted by atomic mass is 10.1. The summed E-state index contributed by atoms with van der Waals surface area (Å²) in [6.07, 6.45) is 0. The fourth-order valence-electron chi connectivity index (χ4n) is 1.41. The number of quaternary nitrogens is 1. The topological polar surface area (TPSA) is 129 Å². The van der Waals surface area contributed by atoms with Gasteiger partial charge in [0, 0.05) is 5.56 Å². The maximum absolute atomic E-state index is 12.4. The molecule has 22 heavy (non-hydrogen) atoms. The summed E-state index contributed by atoms with van der Waals surface area (Å²) in [7, 11) is -6.00. The second kappa shape index (κ2) is 6.79. The van der Waals surface area contributed by atoms with Crippen LogP contribution in [0.4, 0.5) is 18.9 Å². The Hall–Kier alpha value is -1.40. The van der Waals surface area contributed by atoms with Crippen LogP contribution in [0.15, 0.2) is 6.07 Å². The van der Waals surface area contributed by atoms with E-state index in [2.05, 4.69) is 4.18 Å². The number of alkyl halides is 3. The molecule has 7 nitrogen and oxygen atoms in total. The van der Waals surface area contributed by atoms with Gasteiger partial charge in [0.2, 0.25) is 11.4 Å². The van der Waals surface area contributed by atoms with E-state index < -0.39 is 38.4 Å². The number of hydrogen-bond donors (Lipinski definition) is 2. The molecule has 1 aromatic carbocycles. The third-order valence-electron chi connectivity index (χ3n) is 2.51. The minimum Gasteiger partial charge on any atom is -0.412 e. The first kappa shape index (κ1) is 20.6. The summed E-state index contributed by atoms with van der Waals surface area (Å²) in [6.45, 7) is 2.29. The number of hydrogen-bond acceptors (Lipinski definition) is 5. The van der Waals surface area contributed by atoms with E-state index in [4.69, 9.17) is 16.8 Å². The summed E-state index contributed by atoms with van der Waals surface area (Å²) in [5.41, 5.74) is -6.24. The molecule has 0 spiro atoms. The van der Waals surface area contributed by atoms with Gasteiger partial charge in [-0.15, -0.1) is 0 Å². The number of carbonyl (C=O) groups is 1. The lowest BCUT2D eigenvalue weighted by Crippen LogP contribution is -2.74. The van der Waals surface area contributed by atoms with Crippen LogP contribution in [0.25, 0.3) is 0 Å². The lowest BCUT2D eigenvalue weighted by Gasteiger charge is -2.14. The molecule has 12 heteroatoms. The number of benzene rings is 1. The van der Waals surface area contributed by atoms with Gasteiger partial charge in [0.1, 0.15) is 0 Å². The number of carbonyl (C=O) groups excluding carboxylic acids is 1. The summed E-state index contributed by atoms with van der Waals surface area (Å²) >= 11 is 5.76. The second-order valence-electron chi connectivity index (χ2n) is 3.94. The van der Waals surface area contributed by atoms with E-state index in [-0.39, 0.29) is 16.1 Å². The van der Waals surface area contributed by atoms with E-state index in [0.717, 1.165) is 13.0 Å². The molecule has 0 saturated heterocycles. The summed E-state index contributed by atoms with van der Waals surface area (Å²) in [6, 6.07) is 0.966. The molecule has 1 aromatic rings. The molecule has 1 rings (SSSR count). The van der Waals surface area contributed by atoms with Crippen molar-refractivity contribution < 1.29 is 46.7 Å². The van der Waals surface area contributed by atoms with Gasteiger partial charge in [0.25, 0.3) is 0 Å². The van der Waals surface area contributed by atoms with Gasteiger partial charge in [-0.3, -0.25) is 4.79 Å². The van der Waals surface area contributed by atoms with Crippen molar-refractivity contribution in [1.29, 1.82) is 0 Å². The minimum atomic E-state index is -6.00. The summed E-state index contributed by atoms with van der Waals surface area (Å²) in [4.78, 5) is 11.4. The normalized spacial score (nSPS) is 11.8. The fourth-order valence-corrected chi connectivity index (χ4v) is 2.11. The zero-order valence-electron chi connectivity index (χ0n) is 11.2. The third kappa shape index (κ3) is 3.87. The first-order valence-corrected chi connectivity index (χ1v) is 7.03. The van der Waals surface area contributed by atoms with Gasteiger partial charge in [0.05, 0.1) is 10.6 Å². The maximum atomic E-state index is 12.4. The van der Waals surface area contributed by atoms with Crippen LogP contribution >= 0.6 is 11.6 Å². The Bertz CT molecular complexity index is 689. The highest BCUT2D eigenvalue weighted by atomic mass is 35.5. The second-order valence-corrected chi connectivity index (χ2v) is 5.89. The molecule has 5 N–H and O–H groups in total. The minimum absolute atomic E-state index is 0. The zero-order chi connectivity index (χ0) is 16.6. The molecule has 126 valence electrons. The van der Waals surface area contributed by atoms with E-state index in [0.29, 0.717) is 5.48 Å². The van der Waals surface area contributed by atoms with Crippen LogP contribution in [0.3, 0.4) is 0 Å². The third-order valence-corrected chi connectivity index (χ3v) is 3.85. The summed E-state index contributed by atoms with van der Waals surface area (Å²) < 4.78 is 63.3. The highest BCUT2D eigenvalue weighted by molar-refractivity contribution is 7.88. The summed E-state index contributed by atoms with van der Waals surface area (Å²) in [5, 5.41) is 9.03. The molecule has 0 atom stereocenters. The van der Waals surface area contributed by atoms with Crippen molar-refractivity contribution in [2.24, 2.45) is 0 Å². The van der Waals surface area contributed by atoms with Crippen molar-refractivity contribution in [2.45, 2.75) is 19.4 Å². The average Bonchev–Trinajstić information content (AvgIpc) is 2.32. The van der Waals surface area contributed by atoms with Crippen LogP contribution in [0.1, 0.15) is 22.8 Å². The Morgan fingerprint density at radius 2 is 1.91 bits per heavy atom. The molecule has 0 amide bonds. The van der Waals surface area contributed by atoms with E-state index in [9.17, 15) is 26.4 Å². The van der Waals surface area contributed by atoms with Gasteiger partial charge in [-0.2, -0.15) is 27.1 Å². The lowest BCUT2D eigenvalue weighted by molar-refractivity contribution is -0.826. The number of ketones is 1. The molecule has 0 aliphatic heterocycles. The number of nitrogens with two attached hydrogens (primary N) is 1. The highest BCUT2D eigenvalue weighted by Crippen LogP contribution is 2.37. The van der Waals surface area contributed by atoms with E-state index >= 15 is 0 Å². The number of Topliss-reactive ketones (excluding diaryl/α,β-unsaturated/α-hetero) is 1. The molecular weight excluding hydrogens is 355 g/mol. The van der Waals surface area contributed by atoms with Gasteiger partial charge in [0.15, 0.2) is 5.78 Å². The van der Waals surface area contributed by atoms with Crippen LogP contribution in [0.2, 0.25) is 5.02 Å². The maximum Gasteiger partial charge on any atom is 0.534 e.